The number of halogens is 2. The Morgan fingerprint density at radius 1 is 1.21 bits per heavy atom. The fraction of sp³-hybridized carbons (Fsp3) is 0.304. The van der Waals surface area contributed by atoms with E-state index in [4.69, 9.17) is 27.6 Å². The van der Waals surface area contributed by atoms with Gasteiger partial charge < -0.3 is 9.73 Å². The zero-order valence-corrected chi connectivity index (χ0v) is 17.9. The number of Topliss-reactive ketones (excluding diaryl/α,β-unsaturated/α-hetero) is 1. The average Bonchev–Trinajstić information content (AvgIpc) is 3.11. The molecular formula is C23H20Cl2N2O2. The average molecular weight is 427 g/mol. The molecule has 2 heterocycles. The van der Waals surface area contributed by atoms with Gasteiger partial charge in [-0.2, -0.15) is 5.26 Å². The zero-order chi connectivity index (χ0) is 20.9. The van der Waals surface area contributed by atoms with Gasteiger partial charge in [0.25, 0.3) is 0 Å². The summed E-state index contributed by atoms with van der Waals surface area (Å²) in [5.74, 6) is 0.625. The third-order valence-electron chi connectivity index (χ3n) is 5.47. The molecule has 1 aromatic heterocycles. The van der Waals surface area contributed by atoms with E-state index in [9.17, 15) is 10.1 Å². The Hall–Kier alpha value is -2.48. The van der Waals surface area contributed by atoms with Gasteiger partial charge in [0.05, 0.1) is 22.6 Å². The number of furan rings is 1. The minimum absolute atomic E-state index is 0.0488. The molecule has 1 atom stereocenters. The molecule has 4 nitrogen and oxygen atoms in total. The van der Waals surface area contributed by atoms with Crippen molar-refractivity contribution >= 4 is 29.0 Å². The van der Waals surface area contributed by atoms with Crippen LogP contribution in [0.1, 0.15) is 45.3 Å². The molecule has 2 aliphatic rings. The van der Waals surface area contributed by atoms with Gasteiger partial charge in [-0.05, 0) is 49.1 Å². The number of benzene rings is 1. The topological polar surface area (TPSA) is 66.0 Å². The van der Waals surface area contributed by atoms with Gasteiger partial charge in [0.2, 0.25) is 0 Å². The molecule has 0 radical (unpaired) electrons. The molecule has 6 heteroatoms. The van der Waals surface area contributed by atoms with E-state index in [1.54, 1.807) is 24.3 Å². The first-order valence-corrected chi connectivity index (χ1v) is 10.1. The minimum Gasteiger partial charge on any atom is -0.460 e. The summed E-state index contributed by atoms with van der Waals surface area (Å²) < 4.78 is 6.13. The second-order valence-electron chi connectivity index (χ2n) is 8.37. The van der Waals surface area contributed by atoms with Crippen LogP contribution in [0.15, 0.2) is 57.3 Å². The van der Waals surface area contributed by atoms with E-state index < -0.39 is 5.92 Å². The van der Waals surface area contributed by atoms with E-state index in [2.05, 4.69) is 25.2 Å². The number of nitrogens with one attached hydrogen (secondary N) is 1. The Morgan fingerprint density at radius 3 is 2.69 bits per heavy atom. The third kappa shape index (κ3) is 3.50. The maximum atomic E-state index is 13.1. The van der Waals surface area contributed by atoms with Gasteiger partial charge in [-0.15, -0.1) is 0 Å². The molecule has 0 unspecified atom stereocenters. The van der Waals surface area contributed by atoms with Gasteiger partial charge >= 0.3 is 0 Å². The van der Waals surface area contributed by atoms with Crippen molar-refractivity contribution in [3.63, 3.8) is 0 Å². The van der Waals surface area contributed by atoms with Crippen LogP contribution in [0.2, 0.25) is 10.0 Å². The van der Waals surface area contributed by atoms with Gasteiger partial charge in [-0.25, -0.2) is 0 Å². The SMILES string of the molecule is CC1=C(C#N)[C@H](c2ccc(-c3cc(Cl)ccc3Cl)o2)C2=C(CC(C)(C)CC2=O)N1. The maximum absolute atomic E-state index is 13.1. The van der Waals surface area contributed by atoms with Crippen LogP contribution in [0.25, 0.3) is 11.3 Å². The number of nitriles is 1. The van der Waals surface area contributed by atoms with Crippen molar-refractivity contribution in [2.24, 2.45) is 5.41 Å². The lowest BCUT2D eigenvalue weighted by molar-refractivity contribution is -0.118. The van der Waals surface area contributed by atoms with E-state index in [1.165, 1.54) is 0 Å². The lowest BCUT2D eigenvalue weighted by Crippen LogP contribution is -2.36. The summed E-state index contributed by atoms with van der Waals surface area (Å²) in [5.41, 5.74) is 3.30. The minimum atomic E-state index is -0.522. The highest BCUT2D eigenvalue weighted by atomic mass is 35.5. The molecular weight excluding hydrogens is 407 g/mol. The van der Waals surface area contributed by atoms with Crippen molar-refractivity contribution in [2.75, 3.05) is 0 Å². The summed E-state index contributed by atoms with van der Waals surface area (Å²) in [6.45, 7) is 6.02. The van der Waals surface area contributed by atoms with E-state index >= 15 is 0 Å². The lowest BCUT2D eigenvalue weighted by Gasteiger charge is -2.38. The third-order valence-corrected chi connectivity index (χ3v) is 6.03. The summed E-state index contributed by atoms with van der Waals surface area (Å²) in [6.07, 6.45) is 1.18. The van der Waals surface area contributed by atoms with Crippen molar-refractivity contribution in [1.82, 2.24) is 5.32 Å². The number of hydrogen-bond donors (Lipinski definition) is 1. The van der Waals surface area contributed by atoms with Crippen LogP contribution < -0.4 is 5.32 Å². The number of ketones is 1. The summed E-state index contributed by atoms with van der Waals surface area (Å²) in [4.78, 5) is 13.1. The molecule has 0 fully saturated rings. The number of allylic oxidation sites excluding steroid dienone is 4. The standard InChI is InChI=1S/C23H20Cl2N2O2/c1-12-15(11-26)21(22-17(27-12)9-23(2,3)10-18(22)28)20-7-6-19(29-20)14-8-13(24)4-5-16(14)25/h4-8,21,27H,9-10H2,1-3H3/t21-/m1/s1. The Labute approximate surface area is 179 Å². The summed E-state index contributed by atoms with van der Waals surface area (Å²) in [7, 11) is 0. The van der Waals surface area contributed by atoms with Crippen LogP contribution in [-0.4, -0.2) is 5.78 Å². The van der Waals surface area contributed by atoms with Gasteiger partial charge in [0, 0.05) is 34.0 Å². The smallest absolute Gasteiger partial charge is 0.162 e. The quantitative estimate of drug-likeness (QED) is 0.604. The zero-order valence-electron chi connectivity index (χ0n) is 16.4. The van der Waals surface area contributed by atoms with Crippen molar-refractivity contribution in [2.45, 2.75) is 39.5 Å². The van der Waals surface area contributed by atoms with Crippen LogP contribution in [0, 0.1) is 16.7 Å². The van der Waals surface area contributed by atoms with Gasteiger partial charge in [-0.1, -0.05) is 37.0 Å². The normalized spacial score (nSPS) is 21.0. The first-order chi connectivity index (χ1) is 13.7. The van der Waals surface area contributed by atoms with Crippen LogP contribution in [-0.2, 0) is 4.79 Å². The maximum Gasteiger partial charge on any atom is 0.162 e. The monoisotopic (exact) mass is 426 g/mol. The molecule has 0 saturated carbocycles. The van der Waals surface area contributed by atoms with E-state index in [0.717, 1.165) is 17.8 Å². The number of hydrogen-bond acceptors (Lipinski definition) is 4. The van der Waals surface area contributed by atoms with Crippen molar-refractivity contribution in [3.05, 3.63) is 68.7 Å². The molecule has 1 N–H and O–H groups in total. The Balaban J connectivity index is 1.84. The van der Waals surface area contributed by atoms with Gasteiger partial charge in [-0.3, -0.25) is 4.79 Å². The number of rotatable bonds is 2. The molecule has 0 amide bonds. The molecule has 0 spiro atoms. The van der Waals surface area contributed by atoms with Crippen molar-refractivity contribution in [1.29, 1.82) is 5.26 Å². The molecule has 29 heavy (non-hydrogen) atoms. The fourth-order valence-corrected chi connectivity index (χ4v) is 4.59. The molecule has 1 aromatic carbocycles. The molecule has 1 aliphatic carbocycles. The largest absolute Gasteiger partial charge is 0.460 e. The number of dihydropyridines is 1. The highest BCUT2D eigenvalue weighted by Gasteiger charge is 2.42. The van der Waals surface area contributed by atoms with Crippen LogP contribution in [0.5, 0.6) is 0 Å². The highest BCUT2D eigenvalue weighted by Crippen LogP contribution is 2.47. The predicted octanol–water partition coefficient (Wildman–Crippen LogP) is 6.38. The predicted molar refractivity (Wildman–Crippen MR) is 113 cm³/mol. The highest BCUT2D eigenvalue weighted by molar-refractivity contribution is 6.35. The van der Waals surface area contributed by atoms with Crippen LogP contribution in [0.4, 0.5) is 0 Å². The molecule has 2 aromatic rings. The number of carbonyl (C=O) groups is 1. The Morgan fingerprint density at radius 2 is 1.97 bits per heavy atom. The summed E-state index contributed by atoms with van der Waals surface area (Å²) in [5, 5.41) is 14.2. The number of nitrogens with zero attached hydrogens (tertiary/aromatic N) is 1. The van der Waals surface area contributed by atoms with Gasteiger partial charge in [0.1, 0.15) is 11.5 Å². The van der Waals surface area contributed by atoms with Crippen molar-refractivity contribution in [3.8, 4) is 17.4 Å². The van der Waals surface area contributed by atoms with Crippen LogP contribution in [0.3, 0.4) is 0 Å². The number of carbonyl (C=O) groups excluding carboxylic acids is 1. The molecule has 0 saturated heterocycles. The second kappa shape index (κ2) is 7.09. The van der Waals surface area contributed by atoms with E-state index in [-0.39, 0.29) is 11.2 Å². The van der Waals surface area contributed by atoms with Gasteiger partial charge in [0.15, 0.2) is 5.78 Å². The Kier molecular flexibility index (Phi) is 4.85. The van der Waals surface area contributed by atoms with Crippen LogP contribution >= 0.6 is 23.2 Å². The fourth-order valence-electron chi connectivity index (χ4n) is 4.21. The second-order valence-corrected chi connectivity index (χ2v) is 9.21. The molecule has 4 rings (SSSR count). The van der Waals surface area contributed by atoms with Crippen molar-refractivity contribution < 1.29 is 9.21 Å². The molecule has 1 aliphatic heterocycles. The first-order valence-electron chi connectivity index (χ1n) is 9.39. The summed E-state index contributed by atoms with van der Waals surface area (Å²) >= 11 is 12.4. The summed E-state index contributed by atoms with van der Waals surface area (Å²) in [6, 6.07) is 11.0. The first kappa shape index (κ1) is 19.8. The molecule has 0 bridgehead atoms. The lowest BCUT2D eigenvalue weighted by atomic mass is 9.70. The Bertz CT molecular complexity index is 1130. The van der Waals surface area contributed by atoms with E-state index in [0.29, 0.717) is 44.7 Å². The molecule has 148 valence electrons. The van der Waals surface area contributed by atoms with E-state index in [1.807, 2.05) is 13.0 Å².